The number of anilines is 2. The number of nitrogens with one attached hydrogen (secondary N) is 2. The van der Waals surface area contributed by atoms with E-state index < -0.39 is 156 Å². The lowest BCUT2D eigenvalue weighted by Gasteiger charge is -2.32. The van der Waals surface area contributed by atoms with E-state index in [4.69, 9.17) is 54.1 Å². The van der Waals surface area contributed by atoms with Crippen LogP contribution in [-0.2, 0) is 51.8 Å². The summed E-state index contributed by atoms with van der Waals surface area (Å²) < 4.78 is 131. The second-order valence-corrected chi connectivity index (χ2v) is 22.1. The van der Waals surface area contributed by atoms with Crippen LogP contribution in [-0.4, -0.2) is 81.6 Å². The van der Waals surface area contributed by atoms with Gasteiger partial charge in [0.15, 0.2) is 16.2 Å². The fourth-order valence-electron chi connectivity index (χ4n) is 7.26. The normalized spacial score (nSPS) is 17.9. The molecule has 1 fully saturated rings. The van der Waals surface area contributed by atoms with E-state index in [2.05, 4.69) is 40.3 Å². The summed E-state index contributed by atoms with van der Waals surface area (Å²) in [5.41, 5.74) is 7.83. The number of aromatic nitrogens is 3. The Kier molecular flexibility index (Phi) is 14.2. The van der Waals surface area contributed by atoms with Crippen LogP contribution >= 0.6 is 46.7 Å². The number of phosphoric ester groups is 1. The Morgan fingerprint density at radius 2 is 1.71 bits per heavy atom. The monoisotopic (exact) mass is 1110 g/mol. The number of nitrogens with two attached hydrogens (primary N) is 2. The largest absolute Gasteiger partial charge is 0.756 e. The van der Waals surface area contributed by atoms with Crippen molar-refractivity contribution in [1.82, 2.24) is 19.9 Å². The number of fused-ring (bicyclic) bond motifs is 3. The number of hydrogen-bond donors (Lipinski definition) is 7. The lowest BCUT2D eigenvalue weighted by atomic mass is 9.89. The number of carbonyl (C=O) groups excluding carboxylic acids is 1. The van der Waals surface area contributed by atoms with Gasteiger partial charge >= 0.3 is 5.97 Å². The minimum atomic E-state index is -6.14. The molecule has 1 saturated heterocycles. The lowest BCUT2D eigenvalue weighted by molar-refractivity contribution is -0.250. The van der Waals surface area contributed by atoms with Crippen molar-refractivity contribution < 1.29 is 96.2 Å². The van der Waals surface area contributed by atoms with Crippen molar-refractivity contribution in [2.75, 3.05) is 24.6 Å². The SMILES string of the molecule is N=c1ccc2c(-c3c(Cl)cc(C(=O)NCC#Cc4cn([C@H]5CC[C@@H](COP(=O)([O-])OP(=O)([O-])OP(=O)([O-])O)O5)c5ncnc(N)c45)c(Cl)c3C(=O)O)c3ccc(N)c(S(=O)(=O)[O-])c3oc-2c1S(=O)(=O)O. The molecular formula is C35H26Cl2N7O21P3S2-4. The van der Waals surface area contributed by atoms with Crippen molar-refractivity contribution in [3.05, 3.63) is 74.9 Å². The van der Waals surface area contributed by atoms with E-state index in [9.17, 15) is 69.0 Å². The average molecular weight is 1110 g/mol. The highest BCUT2D eigenvalue weighted by molar-refractivity contribution is 7.86. The predicted molar refractivity (Wildman–Crippen MR) is 231 cm³/mol. The summed E-state index contributed by atoms with van der Waals surface area (Å²) in [7, 11) is -28.8. The zero-order valence-corrected chi connectivity index (χ0v) is 40.0. The molecule has 35 heteroatoms. The van der Waals surface area contributed by atoms with E-state index in [1.165, 1.54) is 10.8 Å². The van der Waals surface area contributed by atoms with Crippen molar-refractivity contribution in [3.63, 3.8) is 0 Å². The molecule has 1 amide bonds. The number of halogens is 2. The number of hydrogen-bond acceptors (Lipinski definition) is 23. The molecule has 28 nitrogen and oxygen atoms in total. The number of ether oxygens (including phenoxy) is 1. The fraction of sp³-hybridized carbons (Fsp3) is 0.171. The van der Waals surface area contributed by atoms with Crippen molar-refractivity contribution in [2.24, 2.45) is 0 Å². The van der Waals surface area contributed by atoms with Gasteiger partial charge in [-0.05, 0) is 43.2 Å². The van der Waals surface area contributed by atoms with Crippen molar-refractivity contribution in [3.8, 4) is 34.3 Å². The Balaban J connectivity index is 1.18. The first-order valence-corrected chi connectivity index (χ1v) is 26.7. The molecule has 3 unspecified atom stereocenters. The van der Waals surface area contributed by atoms with E-state index in [0.29, 0.717) is 0 Å². The first-order chi connectivity index (χ1) is 32.4. The molecule has 0 saturated carbocycles. The molecule has 2 aliphatic heterocycles. The highest BCUT2D eigenvalue weighted by Crippen LogP contribution is 2.61. The fourth-order valence-corrected chi connectivity index (χ4v) is 12.3. The second-order valence-electron chi connectivity index (χ2n) is 14.4. The molecule has 0 bridgehead atoms. The topological polar surface area (TPSA) is 475 Å². The van der Waals surface area contributed by atoms with Gasteiger partial charge in [-0.15, -0.1) is 0 Å². The molecule has 372 valence electrons. The Hall–Kier alpha value is -5.38. The third-order valence-electron chi connectivity index (χ3n) is 9.85. The summed E-state index contributed by atoms with van der Waals surface area (Å²) in [5, 5.41) is 18.7. The minimum absolute atomic E-state index is 0.0618. The van der Waals surface area contributed by atoms with Crippen LogP contribution in [0.5, 0.6) is 0 Å². The number of rotatable bonds is 14. The second kappa shape index (κ2) is 19.0. The number of benzene rings is 3. The van der Waals surface area contributed by atoms with Crippen LogP contribution in [0.2, 0.25) is 10.0 Å². The first-order valence-electron chi connectivity index (χ1n) is 18.7. The van der Waals surface area contributed by atoms with Gasteiger partial charge in [-0.3, -0.25) is 28.5 Å². The van der Waals surface area contributed by atoms with Crippen LogP contribution in [0.25, 0.3) is 44.5 Å². The summed E-state index contributed by atoms with van der Waals surface area (Å²) in [5.74, 6) is 1.57. The molecule has 5 atom stereocenters. The van der Waals surface area contributed by atoms with Crippen LogP contribution in [0.4, 0.5) is 11.5 Å². The number of aromatic carboxylic acids is 1. The van der Waals surface area contributed by atoms with E-state index in [1.54, 1.807) is 0 Å². The zero-order valence-electron chi connectivity index (χ0n) is 34.1. The van der Waals surface area contributed by atoms with Crippen molar-refractivity contribution in [1.29, 1.82) is 5.41 Å². The summed E-state index contributed by atoms with van der Waals surface area (Å²) in [6.07, 6.45) is 0.875. The van der Waals surface area contributed by atoms with Gasteiger partial charge in [-0.2, -0.15) is 8.42 Å². The highest BCUT2D eigenvalue weighted by Gasteiger charge is 2.35. The third kappa shape index (κ3) is 10.8. The quantitative estimate of drug-likeness (QED) is 0.0268. The molecule has 70 heavy (non-hydrogen) atoms. The number of nitrogen functional groups attached to an aromatic ring is 2. The number of carboxylic acid groups (broad SMARTS) is 1. The first kappa shape index (κ1) is 52.4. The number of nitrogens with zero attached hydrogens (tertiary/aromatic N) is 3. The minimum Gasteiger partial charge on any atom is -0.756 e. The Morgan fingerprint density at radius 1 is 1.01 bits per heavy atom. The maximum absolute atomic E-state index is 13.6. The lowest BCUT2D eigenvalue weighted by Crippen LogP contribution is -2.24. The molecule has 0 radical (unpaired) electrons. The van der Waals surface area contributed by atoms with Crippen LogP contribution in [0.15, 0.2) is 57.1 Å². The van der Waals surface area contributed by atoms with Gasteiger partial charge in [0.1, 0.15) is 39.0 Å². The molecular weight excluding hydrogens is 1080 g/mol. The summed E-state index contributed by atoms with van der Waals surface area (Å²) >= 11 is 13.3. The standard InChI is InChI=1S/C35H30Cl2N7O21P3S2/c36-19-10-18(27(37)26(35(46)47)25(19)24-16-4-6-20(38)30(69(55,56)57)28(16)63-29-17(24)5-7-21(39)31(29)70(58,59)60)34(45)41-9-1-2-14-11-44(33-23(14)32(40)42-13-43-33)22-8-3-15(62-22)12-61-67(51,52)65-68(53,54)64-66(48,49)50/h4-7,10-11,13,15,22,38H,3,8-9,12,39H2,(H,41,45)(H,46,47)(H,51,52)(H,53,54)(H2,40,42,43)(H2,48,49,50)(H,55,56,57)(H,58,59,60)/p-4/t15-,22+/m0/s1. The van der Waals surface area contributed by atoms with Gasteiger partial charge in [-0.25, -0.2) is 31.8 Å². The summed E-state index contributed by atoms with van der Waals surface area (Å²) in [4.78, 5) is 75.2. The molecule has 4 heterocycles. The van der Waals surface area contributed by atoms with Gasteiger partial charge in [-0.1, -0.05) is 35.0 Å². The van der Waals surface area contributed by atoms with Crippen LogP contribution in [0.1, 0.15) is 45.3 Å². The number of amides is 1. The number of carbonyl (C=O) groups is 2. The maximum atomic E-state index is 13.6. The smallest absolute Gasteiger partial charge is 0.337 e. The summed E-state index contributed by atoms with van der Waals surface area (Å²) in [6.45, 7) is -1.30. The Labute approximate surface area is 400 Å². The van der Waals surface area contributed by atoms with Crippen molar-refractivity contribution in [2.45, 2.75) is 35.0 Å². The number of carboxylic acids is 1. The maximum Gasteiger partial charge on any atom is 0.337 e. The Bertz CT molecular complexity index is 3710. The van der Waals surface area contributed by atoms with E-state index in [1.807, 2.05) is 0 Å². The molecule has 2 aromatic carbocycles. The molecule has 9 N–H and O–H groups in total. The van der Waals surface area contributed by atoms with Gasteiger partial charge in [0.2, 0.25) is 0 Å². The summed E-state index contributed by atoms with van der Waals surface area (Å²) in [6, 6.07) is 4.87. The molecule has 2 aromatic heterocycles. The van der Waals surface area contributed by atoms with E-state index >= 15 is 0 Å². The van der Waals surface area contributed by atoms with Gasteiger partial charge in [0.05, 0.1) is 62.4 Å². The van der Waals surface area contributed by atoms with Crippen molar-refractivity contribution >= 4 is 112 Å². The van der Waals surface area contributed by atoms with Gasteiger partial charge in [0.25, 0.3) is 39.5 Å². The Morgan fingerprint density at radius 3 is 2.36 bits per heavy atom. The molecule has 4 aromatic rings. The van der Waals surface area contributed by atoms with Crippen LogP contribution in [0, 0.1) is 17.3 Å². The van der Waals surface area contributed by atoms with E-state index in [-0.39, 0.29) is 35.3 Å². The van der Waals surface area contributed by atoms with Gasteiger partial charge < -0.3 is 64.3 Å². The van der Waals surface area contributed by atoms with E-state index in [0.717, 1.165) is 36.7 Å². The average Bonchev–Trinajstić information content (AvgIpc) is 3.84. The van der Waals surface area contributed by atoms with Gasteiger partial charge in [0, 0.05) is 28.3 Å². The molecule has 0 spiro atoms. The predicted octanol–water partition coefficient (Wildman–Crippen LogP) is 1.66. The highest BCUT2D eigenvalue weighted by atomic mass is 35.5. The zero-order chi connectivity index (χ0) is 51.6. The molecule has 3 aliphatic rings. The van der Waals surface area contributed by atoms with Crippen LogP contribution in [0.3, 0.4) is 0 Å². The number of phosphoric acid groups is 3. The molecule has 1 aliphatic carbocycles. The third-order valence-corrected chi connectivity index (χ3v) is 16.1. The van der Waals surface area contributed by atoms with Crippen LogP contribution < -0.4 is 36.8 Å². The molecule has 7 rings (SSSR count).